The summed E-state index contributed by atoms with van der Waals surface area (Å²) in [7, 11) is 0. The van der Waals surface area contributed by atoms with Crippen LogP contribution in [0.5, 0.6) is 5.75 Å². The van der Waals surface area contributed by atoms with Crippen LogP contribution in [0.15, 0.2) is 84.9 Å². The van der Waals surface area contributed by atoms with Gasteiger partial charge in [-0.05, 0) is 47.6 Å². The Morgan fingerprint density at radius 1 is 0.935 bits per heavy atom. The summed E-state index contributed by atoms with van der Waals surface area (Å²) in [5, 5.41) is 6.48. The van der Waals surface area contributed by atoms with Gasteiger partial charge in [-0.1, -0.05) is 72.0 Å². The molecule has 5 rings (SSSR count). The fourth-order valence-electron chi connectivity index (χ4n) is 3.53. The Hall–Kier alpha value is -3.42. The Morgan fingerprint density at radius 2 is 1.68 bits per heavy atom. The number of carbonyl (C=O) groups excluding carboxylic acids is 1. The van der Waals surface area contributed by atoms with Crippen LogP contribution < -0.4 is 15.4 Å². The highest BCUT2D eigenvalue weighted by Gasteiger charge is 2.30. The number of hydrogen-bond donors (Lipinski definition) is 2. The van der Waals surface area contributed by atoms with Crippen molar-refractivity contribution in [1.82, 2.24) is 9.88 Å². The van der Waals surface area contributed by atoms with Gasteiger partial charge in [0.1, 0.15) is 29.2 Å². The fraction of sp³-hybridized carbons (Fsp3) is 0.0833. The molecule has 1 aromatic heterocycles. The van der Waals surface area contributed by atoms with Crippen LogP contribution in [-0.2, 0) is 6.61 Å². The number of amides is 1. The van der Waals surface area contributed by atoms with Crippen LogP contribution in [0.2, 0.25) is 0 Å². The highest BCUT2D eigenvalue weighted by molar-refractivity contribution is 7.73. The lowest BCUT2D eigenvalue weighted by Crippen LogP contribution is -2.38. The Bertz CT molecular complexity index is 1280. The van der Waals surface area contributed by atoms with Crippen molar-refractivity contribution in [3.63, 3.8) is 0 Å². The Morgan fingerprint density at radius 3 is 2.45 bits per heavy atom. The zero-order valence-corrected chi connectivity index (χ0v) is 18.1. The highest BCUT2D eigenvalue weighted by Crippen LogP contribution is 2.34. The van der Waals surface area contributed by atoms with E-state index in [1.165, 1.54) is 11.3 Å². The topological polar surface area (TPSA) is 55.3 Å². The number of aromatic nitrogens is 1. The normalized spacial score (nSPS) is 15.0. The van der Waals surface area contributed by atoms with Crippen molar-refractivity contribution < 1.29 is 9.53 Å². The summed E-state index contributed by atoms with van der Waals surface area (Å²) in [6.45, 7) is 0.483. The summed E-state index contributed by atoms with van der Waals surface area (Å²) in [6, 6.07) is 27.6. The molecule has 3 aromatic carbocycles. The molecule has 1 aliphatic rings. The number of thiazole rings is 1. The van der Waals surface area contributed by atoms with Crippen LogP contribution in [0.3, 0.4) is 0 Å². The van der Waals surface area contributed by atoms with Gasteiger partial charge in [0, 0.05) is 5.69 Å². The number of carbonyl (C=O) groups is 1. The number of benzene rings is 3. The van der Waals surface area contributed by atoms with Crippen molar-refractivity contribution in [2.45, 2.75) is 12.8 Å². The van der Waals surface area contributed by atoms with Gasteiger partial charge in [-0.3, -0.25) is 9.36 Å². The van der Waals surface area contributed by atoms with Gasteiger partial charge >= 0.3 is 0 Å². The minimum atomic E-state index is -0.390. The number of rotatable bonds is 5. The minimum Gasteiger partial charge on any atom is -0.489 e. The molecule has 154 valence electrons. The first-order valence-electron chi connectivity index (χ1n) is 9.84. The third kappa shape index (κ3) is 3.97. The molecule has 7 heteroatoms. The number of fused-ring (bicyclic) bond motifs is 1. The van der Waals surface area contributed by atoms with E-state index in [4.69, 9.17) is 17.0 Å². The molecule has 0 fully saturated rings. The summed E-state index contributed by atoms with van der Waals surface area (Å²) >= 11 is 6.86. The van der Waals surface area contributed by atoms with Crippen molar-refractivity contribution in [3.8, 4) is 11.4 Å². The largest absolute Gasteiger partial charge is 0.489 e. The zero-order valence-electron chi connectivity index (χ0n) is 16.4. The molecule has 31 heavy (non-hydrogen) atoms. The molecular weight excluding hydrogens is 426 g/mol. The van der Waals surface area contributed by atoms with Crippen molar-refractivity contribution in [3.05, 3.63) is 105 Å². The van der Waals surface area contributed by atoms with Gasteiger partial charge in [0.15, 0.2) is 3.95 Å². The van der Waals surface area contributed by atoms with E-state index in [9.17, 15) is 4.79 Å². The molecule has 4 aromatic rings. The molecule has 0 saturated heterocycles. The van der Waals surface area contributed by atoms with Crippen molar-refractivity contribution >= 4 is 35.3 Å². The first-order valence-corrected chi connectivity index (χ1v) is 11.1. The first-order chi connectivity index (χ1) is 15.2. The van der Waals surface area contributed by atoms with E-state index in [0.717, 1.165) is 22.6 Å². The predicted molar refractivity (Wildman–Crippen MR) is 126 cm³/mol. The second-order valence-corrected chi connectivity index (χ2v) is 8.76. The SMILES string of the molecule is O=C1N[C@@H](c2cccc(OCc3ccccc3)c2)Nc2c1sc(=S)n2-c1ccccc1. The second-order valence-electron chi connectivity index (χ2n) is 7.11. The number of nitrogens with zero attached hydrogens (tertiary/aromatic N) is 1. The molecule has 1 aliphatic heterocycles. The van der Waals surface area contributed by atoms with Crippen molar-refractivity contribution in [2.75, 3.05) is 5.32 Å². The first kappa shape index (κ1) is 19.5. The Kier molecular flexibility index (Phi) is 5.28. The lowest BCUT2D eigenvalue weighted by Gasteiger charge is -2.27. The van der Waals surface area contributed by atoms with E-state index in [-0.39, 0.29) is 12.1 Å². The number of anilines is 1. The Labute approximate surface area is 188 Å². The van der Waals surface area contributed by atoms with Crippen molar-refractivity contribution in [2.24, 2.45) is 0 Å². The van der Waals surface area contributed by atoms with Gasteiger partial charge in [-0.15, -0.1) is 0 Å². The molecule has 0 unspecified atom stereocenters. The van der Waals surface area contributed by atoms with Crippen LogP contribution >= 0.6 is 23.6 Å². The molecule has 0 saturated carbocycles. The zero-order chi connectivity index (χ0) is 21.2. The third-order valence-corrected chi connectivity index (χ3v) is 6.40. The van der Waals surface area contributed by atoms with Gasteiger partial charge in [-0.25, -0.2) is 0 Å². The summed E-state index contributed by atoms with van der Waals surface area (Å²) in [6.07, 6.45) is -0.390. The van der Waals surface area contributed by atoms with Crippen LogP contribution in [0.4, 0.5) is 5.82 Å². The highest BCUT2D eigenvalue weighted by atomic mass is 32.1. The maximum atomic E-state index is 12.8. The average Bonchev–Trinajstić information content (AvgIpc) is 3.15. The quantitative estimate of drug-likeness (QED) is 0.387. The Balaban J connectivity index is 1.42. The predicted octanol–water partition coefficient (Wildman–Crippen LogP) is 5.70. The lowest BCUT2D eigenvalue weighted by atomic mass is 10.1. The van der Waals surface area contributed by atoms with Crippen molar-refractivity contribution in [1.29, 1.82) is 0 Å². The van der Waals surface area contributed by atoms with Gasteiger partial charge < -0.3 is 15.4 Å². The molecule has 2 N–H and O–H groups in total. The molecule has 0 aliphatic carbocycles. The molecule has 1 amide bonds. The molecular formula is C24H19N3O2S2. The number of nitrogens with one attached hydrogen (secondary N) is 2. The molecule has 0 spiro atoms. The maximum Gasteiger partial charge on any atom is 0.267 e. The van der Waals surface area contributed by atoms with Gasteiger partial charge in [-0.2, -0.15) is 0 Å². The fourth-order valence-corrected chi connectivity index (χ4v) is 4.84. The summed E-state index contributed by atoms with van der Waals surface area (Å²) in [5.74, 6) is 1.32. The van der Waals surface area contributed by atoms with Gasteiger partial charge in [0.25, 0.3) is 5.91 Å². The van der Waals surface area contributed by atoms with E-state index in [0.29, 0.717) is 21.3 Å². The standard InChI is InChI=1S/C24H19N3O2S2/c28-23-20-22(27(24(30)31-20)18-11-5-2-6-12-18)25-21(26-23)17-10-7-13-19(14-17)29-15-16-8-3-1-4-9-16/h1-14,21,25H,15H2,(H,26,28)/t21-/m0/s1. The molecule has 0 bridgehead atoms. The molecule has 0 radical (unpaired) electrons. The van der Waals surface area contributed by atoms with Gasteiger partial charge in [0.2, 0.25) is 0 Å². The van der Waals surface area contributed by atoms with Gasteiger partial charge in [0.05, 0.1) is 0 Å². The maximum absolute atomic E-state index is 12.8. The summed E-state index contributed by atoms with van der Waals surface area (Å²) < 4.78 is 8.49. The van der Waals surface area contributed by atoms with Crippen LogP contribution in [0.25, 0.3) is 5.69 Å². The van der Waals surface area contributed by atoms with E-state index in [1.807, 2.05) is 89.5 Å². The van der Waals surface area contributed by atoms with E-state index >= 15 is 0 Å². The van der Waals surface area contributed by atoms with E-state index < -0.39 is 0 Å². The van der Waals surface area contributed by atoms with Crippen LogP contribution in [0.1, 0.15) is 27.0 Å². The second kappa shape index (κ2) is 8.37. The van der Waals surface area contributed by atoms with E-state index in [1.54, 1.807) is 0 Å². The number of hydrogen-bond acceptors (Lipinski definition) is 5. The van der Waals surface area contributed by atoms with Crippen LogP contribution in [0, 0.1) is 3.95 Å². The number of para-hydroxylation sites is 1. The molecule has 2 heterocycles. The average molecular weight is 446 g/mol. The lowest BCUT2D eigenvalue weighted by molar-refractivity contribution is 0.0939. The van der Waals surface area contributed by atoms with Crippen LogP contribution in [-0.4, -0.2) is 10.5 Å². The number of ether oxygens (including phenoxy) is 1. The third-order valence-electron chi connectivity index (χ3n) is 5.03. The summed E-state index contributed by atoms with van der Waals surface area (Å²) in [4.78, 5) is 13.4. The smallest absolute Gasteiger partial charge is 0.267 e. The molecule has 5 nitrogen and oxygen atoms in total. The summed E-state index contributed by atoms with van der Waals surface area (Å²) in [5.41, 5.74) is 2.92. The minimum absolute atomic E-state index is 0.139. The van der Waals surface area contributed by atoms with E-state index in [2.05, 4.69) is 10.6 Å². The molecule has 1 atom stereocenters. The monoisotopic (exact) mass is 445 g/mol.